The SMILES string of the molecule is NC1CCCC(C(=O)Nc2ccc(C(=O)NC3CCCCC3)cc2)C1. The third-order valence-corrected chi connectivity index (χ3v) is 5.44. The second kappa shape index (κ2) is 8.48. The molecule has 5 heteroatoms. The van der Waals surface area contributed by atoms with Gasteiger partial charge in [-0.1, -0.05) is 25.7 Å². The Balaban J connectivity index is 1.52. The molecule has 2 saturated carbocycles. The number of benzene rings is 1. The smallest absolute Gasteiger partial charge is 0.251 e. The van der Waals surface area contributed by atoms with Crippen LogP contribution in [0.2, 0.25) is 0 Å². The Hall–Kier alpha value is -1.88. The Morgan fingerprint density at radius 3 is 2.32 bits per heavy atom. The lowest BCUT2D eigenvalue weighted by Crippen LogP contribution is -2.36. The van der Waals surface area contributed by atoms with E-state index in [4.69, 9.17) is 5.73 Å². The molecule has 1 aromatic rings. The van der Waals surface area contributed by atoms with Crippen LogP contribution in [0.5, 0.6) is 0 Å². The molecule has 25 heavy (non-hydrogen) atoms. The number of nitrogens with two attached hydrogens (primary N) is 1. The van der Waals surface area contributed by atoms with Crippen molar-refractivity contribution in [3.8, 4) is 0 Å². The lowest BCUT2D eigenvalue weighted by Gasteiger charge is -2.25. The number of rotatable bonds is 4. The number of hydrogen-bond donors (Lipinski definition) is 3. The fourth-order valence-electron chi connectivity index (χ4n) is 3.93. The van der Waals surface area contributed by atoms with Gasteiger partial charge >= 0.3 is 0 Å². The minimum atomic E-state index is -0.0250. The number of carbonyl (C=O) groups is 2. The van der Waals surface area contributed by atoms with Crippen molar-refractivity contribution in [2.24, 2.45) is 11.7 Å². The first kappa shape index (κ1) is 17.9. The topological polar surface area (TPSA) is 84.2 Å². The maximum Gasteiger partial charge on any atom is 0.251 e. The summed E-state index contributed by atoms with van der Waals surface area (Å²) in [5.74, 6) is 0.00983. The van der Waals surface area contributed by atoms with E-state index in [1.807, 2.05) is 0 Å². The standard InChI is InChI=1S/C20H29N3O2/c21-16-6-4-5-15(13-16)20(25)23-18-11-9-14(10-12-18)19(24)22-17-7-2-1-3-8-17/h9-12,15-17H,1-8,13,21H2,(H,22,24)(H,23,25). The summed E-state index contributed by atoms with van der Waals surface area (Å²) in [4.78, 5) is 24.7. The molecule has 2 aliphatic rings. The normalized spacial score (nSPS) is 24.5. The fourth-order valence-corrected chi connectivity index (χ4v) is 3.93. The molecule has 2 fully saturated rings. The van der Waals surface area contributed by atoms with E-state index in [1.165, 1.54) is 19.3 Å². The summed E-state index contributed by atoms with van der Waals surface area (Å²) in [5, 5.41) is 6.07. The molecule has 0 bridgehead atoms. The van der Waals surface area contributed by atoms with Gasteiger partial charge in [-0.2, -0.15) is 0 Å². The summed E-state index contributed by atoms with van der Waals surface area (Å²) in [6, 6.07) is 7.60. The number of amides is 2. The monoisotopic (exact) mass is 343 g/mol. The summed E-state index contributed by atoms with van der Waals surface area (Å²) in [5.41, 5.74) is 7.34. The lowest BCUT2D eigenvalue weighted by molar-refractivity contribution is -0.120. The predicted octanol–water partition coefficient (Wildman–Crippen LogP) is 3.21. The number of carbonyl (C=O) groups excluding carboxylic acids is 2. The minimum Gasteiger partial charge on any atom is -0.349 e. The first-order valence-corrected chi connectivity index (χ1v) is 9.59. The van der Waals surface area contributed by atoms with Crippen molar-refractivity contribution in [2.45, 2.75) is 69.9 Å². The molecular formula is C20H29N3O2. The van der Waals surface area contributed by atoms with E-state index < -0.39 is 0 Å². The largest absolute Gasteiger partial charge is 0.349 e. The van der Waals surface area contributed by atoms with Crippen LogP contribution >= 0.6 is 0 Å². The molecule has 3 rings (SSSR count). The second-order valence-corrected chi connectivity index (χ2v) is 7.50. The van der Waals surface area contributed by atoms with Gasteiger partial charge in [-0.3, -0.25) is 9.59 Å². The summed E-state index contributed by atoms with van der Waals surface area (Å²) in [6.45, 7) is 0. The highest BCUT2D eigenvalue weighted by atomic mass is 16.2. The van der Waals surface area contributed by atoms with E-state index in [1.54, 1.807) is 24.3 Å². The molecule has 0 radical (unpaired) electrons. The molecular weight excluding hydrogens is 314 g/mol. The molecule has 2 unspecified atom stereocenters. The van der Waals surface area contributed by atoms with Gasteiger partial charge < -0.3 is 16.4 Å². The lowest BCUT2D eigenvalue weighted by atomic mass is 9.85. The highest BCUT2D eigenvalue weighted by molar-refractivity contribution is 5.96. The van der Waals surface area contributed by atoms with Crippen LogP contribution in [-0.4, -0.2) is 23.9 Å². The Morgan fingerprint density at radius 2 is 1.64 bits per heavy atom. The van der Waals surface area contributed by atoms with Crippen LogP contribution in [0.4, 0.5) is 5.69 Å². The number of hydrogen-bond acceptors (Lipinski definition) is 3. The molecule has 2 atom stereocenters. The van der Waals surface area contributed by atoms with Gasteiger partial charge in [-0.15, -0.1) is 0 Å². The fraction of sp³-hybridized carbons (Fsp3) is 0.600. The summed E-state index contributed by atoms with van der Waals surface area (Å²) in [6.07, 6.45) is 9.49. The van der Waals surface area contributed by atoms with E-state index in [0.29, 0.717) is 11.6 Å². The maximum atomic E-state index is 12.3. The first-order chi connectivity index (χ1) is 12.1. The van der Waals surface area contributed by atoms with Gasteiger partial charge in [0.15, 0.2) is 0 Å². The Morgan fingerprint density at radius 1 is 0.920 bits per heavy atom. The second-order valence-electron chi connectivity index (χ2n) is 7.50. The molecule has 136 valence electrons. The maximum absolute atomic E-state index is 12.3. The quantitative estimate of drug-likeness (QED) is 0.785. The van der Waals surface area contributed by atoms with E-state index in [9.17, 15) is 9.59 Å². The first-order valence-electron chi connectivity index (χ1n) is 9.59. The average Bonchev–Trinajstić information content (AvgIpc) is 2.63. The third-order valence-electron chi connectivity index (χ3n) is 5.44. The van der Waals surface area contributed by atoms with Crippen LogP contribution in [0, 0.1) is 5.92 Å². The molecule has 0 spiro atoms. The molecule has 0 heterocycles. The van der Waals surface area contributed by atoms with Crippen molar-refractivity contribution in [3.05, 3.63) is 29.8 Å². The van der Waals surface area contributed by atoms with Gasteiger partial charge in [0, 0.05) is 29.3 Å². The van der Waals surface area contributed by atoms with Crippen molar-refractivity contribution >= 4 is 17.5 Å². The molecule has 0 saturated heterocycles. The molecule has 0 aliphatic heterocycles. The Labute approximate surface area is 149 Å². The Kier molecular flexibility index (Phi) is 6.08. The zero-order valence-electron chi connectivity index (χ0n) is 14.8. The van der Waals surface area contributed by atoms with Crippen LogP contribution in [0.25, 0.3) is 0 Å². The third kappa shape index (κ3) is 5.05. The minimum absolute atomic E-state index is 0.00183. The molecule has 5 nitrogen and oxygen atoms in total. The summed E-state index contributed by atoms with van der Waals surface area (Å²) >= 11 is 0. The molecule has 2 aliphatic carbocycles. The van der Waals surface area contributed by atoms with E-state index in [0.717, 1.165) is 44.2 Å². The number of nitrogens with one attached hydrogen (secondary N) is 2. The van der Waals surface area contributed by atoms with Crippen molar-refractivity contribution in [1.29, 1.82) is 0 Å². The van der Waals surface area contributed by atoms with E-state index >= 15 is 0 Å². The summed E-state index contributed by atoms with van der Waals surface area (Å²) in [7, 11) is 0. The van der Waals surface area contributed by atoms with Gasteiger partial charge in [-0.25, -0.2) is 0 Å². The van der Waals surface area contributed by atoms with Gasteiger partial charge in [0.2, 0.25) is 5.91 Å². The van der Waals surface area contributed by atoms with Gasteiger partial charge in [0.05, 0.1) is 0 Å². The number of anilines is 1. The van der Waals surface area contributed by atoms with Gasteiger partial charge in [0.25, 0.3) is 5.91 Å². The van der Waals surface area contributed by atoms with Crippen LogP contribution < -0.4 is 16.4 Å². The van der Waals surface area contributed by atoms with Crippen LogP contribution in [0.1, 0.15) is 68.1 Å². The van der Waals surface area contributed by atoms with E-state index in [-0.39, 0.29) is 23.8 Å². The van der Waals surface area contributed by atoms with Crippen molar-refractivity contribution in [3.63, 3.8) is 0 Å². The zero-order chi connectivity index (χ0) is 17.6. The highest BCUT2D eigenvalue weighted by Crippen LogP contribution is 2.24. The average molecular weight is 343 g/mol. The molecule has 4 N–H and O–H groups in total. The predicted molar refractivity (Wildman–Crippen MR) is 99.3 cm³/mol. The molecule has 1 aromatic carbocycles. The van der Waals surface area contributed by atoms with Crippen LogP contribution in [0.3, 0.4) is 0 Å². The zero-order valence-corrected chi connectivity index (χ0v) is 14.8. The van der Waals surface area contributed by atoms with Gasteiger partial charge in [0.1, 0.15) is 0 Å². The van der Waals surface area contributed by atoms with Crippen molar-refractivity contribution in [1.82, 2.24) is 5.32 Å². The Bertz CT molecular complexity index is 593. The summed E-state index contributed by atoms with van der Waals surface area (Å²) < 4.78 is 0. The van der Waals surface area contributed by atoms with Gasteiger partial charge in [-0.05, 0) is 56.4 Å². The molecule has 0 aromatic heterocycles. The van der Waals surface area contributed by atoms with Crippen molar-refractivity contribution in [2.75, 3.05) is 5.32 Å². The molecule has 2 amide bonds. The van der Waals surface area contributed by atoms with E-state index in [2.05, 4.69) is 10.6 Å². The van der Waals surface area contributed by atoms with Crippen molar-refractivity contribution < 1.29 is 9.59 Å². The van der Waals surface area contributed by atoms with Crippen LogP contribution in [-0.2, 0) is 4.79 Å². The highest BCUT2D eigenvalue weighted by Gasteiger charge is 2.25. The van der Waals surface area contributed by atoms with Crippen LogP contribution in [0.15, 0.2) is 24.3 Å².